The predicted octanol–water partition coefficient (Wildman–Crippen LogP) is 3.67. The topological polar surface area (TPSA) is 48.2 Å². The molecule has 106 valence electrons. The fraction of sp³-hybridized carbons (Fsp3) is 0.176. The van der Waals surface area contributed by atoms with E-state index >= 15 is 0 Å². The van der Waals surface area contributed by atoms with Crippen LogP contribution in [0, 0.1) is 6.92 Å². The van der Waals surface area contributed by atoms with Gasteiger partial charge >= 0.3 is 0 Å². The molecule has 1 aromatic carbocycles. The van der Waals surface area contributed by atoms with Gasteiger partial charge in [-0.05, 0) is 25.1 Å². The number of ether oxygens (including phenoxy) is 1. The Morgan fingerprint density at radius 2 is 1.86 bits per heavy atom. The highest BCUT2D eigenvalue weighted by Crippen LogP contribution is 2.21. The van der Waals surface area contributed by atoms with Gasteiger partial charge in [0, 0.05) is 24.2 Å². The number of pyridine rings is 1. The average molecular weight is 280 g/mol. The second-order valence-corrected chi connectivity index (χ2v) is 4.65. The van der Waals surface area contributed by atoms with Gasteiger partial charge in [0.1, 0.15) is 5.76 Å². The zero-order valence-electron chi connectivity index (χ0n) is 11.8. The van der Waals surface area contributed by atoms with Crippen molar-refractivity contribution in [2.24, 2.45) is 0 Å². The van der Waals surface area contributed by atoms with Gasteiger partial charge in [-0.25, -0.2) is 9.97 Å². The summed E-state index contributed by atoms with van der Waals surface area (Å²) in [6.45, 7) is 2.45. The molecule has 0 saturated heterocycles. The lowest BCUT2D eigenvalue weighted by Gasteiger charge is -2.02. The molecule has 0 aliphatic carbocycles. The van der Waals surface area contributed by atoms with Gasteiger partial charge in [0.15, 0.2) is 0 Å². The molecule has 0 bridgehead atoms. The fourth-order valence-corrected chi connectivity index (χ4v) is 2.05. The first kappa shape index (κ1) is 13.4. The molecule has 2 heterocycles. The van der Waals surface area contributed by atoms with Crippen LogP contribution in [-0.2, 0) is 6.42 Å². The lowest BCUT2D eigenvalue weighted by Crippen LogP contribution is -2.03. The average Bonchev–Trinajstić information content (AvgIpc) is 2.91. The summed E-state index contributed by atoms with van der Waals surface area (Å²) in [7, 11) is 0. The van der Waals surface area contributed by atoms with Crippen LogP contribution in [0.1, 0.15) is 11.5 Å². The first-order chi connectivity index (χ1) is 10.3. The van der Waals surface area contributed by atoms with Crippen molar-refractivity contribution in [2.45, 2.75) is 13.3 Å². The summed E-state index contributed by atoms with van der Waals surface area (Å²) in [5.41, 5.74) is 1.90. The highest BCUT2D eigenvalue weighted by atomic mass is 16.5. The van der Waals surface area contributed by atoms with Gasteiger partial charge in [-0.3, -0.25) is 0 Å². The molecule has 0 spiro atoms. The minimum absolute atomic E-state index is 0.526. The van der Waals surface area contributed by atoms with Crippen LogP contribution in [0.3, 0.4) is 0 Å². The van der Waals surface area contributed by atoms with Crippen LogP contribution in [0.2, 0.25) is 0 Å². The van der Waals surface area contributed by atoms with Crippen molar-refractivity contribution in [3.05, 3.63) is 66.2 Å². The Balaban J connectivity index is 1.65. The van der Waals surface area contributed by atoms with E-state index in [1.807, 2.05) is 55.5 Å². The Morgan fingerprint density at radius 1 is 1.05 bits per heavy atom. The van der Waals surface area contributed by atoms with Gasteiger partial charge in [0.05, 0.1) is 12.3 Å². The maximum Gasteiger partial charge on any atom is 0.226 e. The molecule has 3 rings (SSSR count). The number of hydrogen-bond acceptors (Lipinski definition) is 4. The summed E-state index contributed by atoms with van der Waals surface area (Å²) >= 11 is 0. The first-order valence-electron chi connectivity index (χ1n) is 6.88. The van der Waals surface area contributed by atoms with E-state index in [1.165, 1.54) is 0 Å². The van der Waals surface area contributed by atoms with E-state index in [2.05, 4.69) is 9.97 Å². The van der Waals surface area contributed by atoms with E-state index in [9.17, 15) is 0 Å². The van der Waals surface area contributed by atoms with Crippen LogP contribution in [0.5, 0.6) is 5.88 Å². The van der Waals surface area contributed by atoms with Gasteiger partial charge in [-0.1, -0.05) is 24.3 Å². The number of oxazole rings is 1. The third kappa shape index (κ3) is 3.28. The molecule has 0 saturated carbocycles. The standard InChI is InChI=1S/C17H16N2O2/c1-13-15(10-12-20-16-9-5-6-11-18-16)19-17(21-13)14-7-3-2-4-8-14/h2-9,11H,10,12H2,1H3. The van der Waals surface area contributed by atoms with Crippen molar-refractivity contribution < 1.29 is 9.15 Å². The summed E-state index contributed by atoms with van der Waals surface area (Å²) in [6, 6.07) is 15.5. The lowest BCUT2D eigenvalue weighted by atomic mass is 10.2. The van der Waals surface area contributed by atoms with E-state index in [0.717, 1.165) is 17.0 Å². The molecular weight excluding hydrogens is 264 g/mol. The quantitative estimate of drug-likeness (QED) is 0.715. The Morgan fingerprint density at radius 3 is 2.62 bits per heavy atom. The van der Waals surface area contributed by atoms with Crippen molar-refractivity contribution in [3.8, 4) is 17.3 Å². The van der Waals surface area contributed by atoms with Gasteiger partial charge in [0.25, 0.3) is 0 Å². The number of aromatic nitrogens is 2. The van der Waals surface area contributed by atoms with Crippen LogP contribution in [-0.4, -0.2) is 16.6 Å². The maximum atomic E-state index is 5.72. The minimum atomic E-state index is 0.526. The van der Waals surface area contributed by atoms with Crippen molar-refractivity contribution in [3.63, 3.8) is 0 Å². The van der Waals surface area contributed by atoms with Crippen molar-refractivity contribution in [1.82, 2.24) is 9.97 Å². The number of nitrogens with zero attached hydrogens (tertiary/aromatic N) is 2. The van der Waals surface area contributed by atoms with Gasteiger partial charge in [0.2, 0.25) is 11.8 Å². The largest absolute Gasteiger partial charge is 0.477 e. The molecule has 0 unspecified atom stereocenters. The maximum absolute atomic E-state index is 5.72. The number of hydrogen-bond donors (Lipinski definition) is 0. The predicted molar refractivity (Wildman–Crippen MR) is 80.1 cm³/mol. The van der Waals surface area contributed by atoms with Crippen LogP contribution in [0.15, 0.2) is 59.1 Å². The molecule has 0 fully saturated rings. The molecule has 0 aliphatic rings. The van der Waals surface area contributed by atoms with E-state index in [1.54, 1.807) is 6.20 Å². The molecule has 0 aliphatic heterocycles. The molecule has 3 aromatic rings. The highest BCUT2D eigenvalue weighted by Gasteiger charge is 2.11. The molecule has 4 heteroatoms. The van der Waals surface area contributed by atoms with Gasteiger partial charge in [-0.2, -0.15) is 0 Å². The van der Waals surface area contributed by atoms with Gasteiger partial charge < -0.3 is 9.15 Å². The normalized spacial score (nSPS) is 10.5. The summed E-state index contributed by atoms with van der Waals surface area (Å²) < 4.78 is 11.3. The van der Waals surface area contributed by atoms with E-state index in [-0.39, 0.29) is 0 Å². The third-order valence-electron chi connectivity index (χ3n) is 3.14. The van der Waals surface area contributed by atoms with Crippen molar-refractivity contribution in [1.29, 1.82) is 0 Å². The zero-order valence-corrected chi connectivity index (χ0v) is 11.8. The summed E-state index contributed by atoms with van der Waals surface area (Å²) in [4.78, 5) is 8.66. The van der Waals surface area contributed by atoms with Crippen LogP contribution in [0.4, 0.5) is 0 Å². The molecule has 0 N–H and O–H groups in total. The Kier molecular flexibility index (Phi) is 3.96. The fourth-order valence-electron chi connectivity index (χ4n) is 2.05. The molecular formula is C17H16N2O2. The van der Waals surface area contributed by atoms with Crippen molar-refractivity contribution in [2.75, 3.05) is 6.61 Å². The third-order valence-corrected chi connectivity index (χ3v) is 3.14. The molecule has 0 amide bonds. The Bertz CT molecular complexity index is 693. The Hall–Kier alpha value is -2.62. The van der Waals surface area contributed by atoms with E-state index < -0.39 is 0 Å². The molecule has 4 nitrogen and oxygen atoms in total. The van der Waals surface area contributed by atoms with Crippen LogP contribution >= 0.6 is 0 Å². The monoisotopic (exact) mass is 280 g/mol. The van der Waals surface area contributed by atoms with E-state index in [4.69, 9.17) is 9.15 Å². The molecule has 2 aromatic heterocycles. The summed E-state index contributed by atoms with van der Waals surface area (Å²) in [6.07, 6.45) is 2.41. The first-order valence-corrected chi connectivity index (χ1v) is 6.88. The lowest BCUT2D eigenvalue weighted by molar-refractivity contribution is 0.307. The number of aryl methyl sites for hydroxylation is 1. The SMILES string of the molecule is Cc1oc(-c2ccccc2)nc1CCOc1ccccn1. The van der Waals surface area contributed by atoms with Crippen LogP contribution in [0.25, 0.3) is 11.5 Å². The van der Waals surface area contributed by atoms with E-state index in [0.29, 0.717) is 24.8 Å². The summed E-state index contributed by atoms with van der Waals surface area (Å²) in [5.74, 6) is 2.11. The second kappa shape index (κ2) is 6.22. The minimum Gasteiger partial charge on any atom is -0.477 e. The smallest absolute Gasteiger partial charge is 0.226 e. The van der Waals surface area contributed by atoms with Crippen LogP contribution < -0.4 is 4.74 Å². The Labute approximate surface area is 123 Å². The highest BCUT2D eigenvalue weighted by molar-refractivity contribution is 5.53. The number of benzene rings is 1. The van der Waals surface area contributed by atoms with Crippen molar-refractivity contribution >= 4 is 0 Å². The molecule has 21 heavy (non-hydrogen) atoms. The zero-order chi connectivity index (χ0) is 14.5. The number of rotatable bonds is 5. The molecule has 0 atom stereocenters. The molecule has 0 radical (unpaired) electrons. The second-order valence-electron chi connectivity index (χ2n) is 4.65. The van der Waals surface area contributed by atoms with Gasteiger partial charge in [-0.15, -0.1) is 0 Å². The summed E-state index contributed by atoms with van der Waals surface area (Å²) in [5, 5.41) is 0.